The monoisotopic (exact) mass is 174 g/mol. The van der Waals surface area contributed by atoms with Crippen molar-refractivity contribution in [2.45, 2.75) is 27.0 Å². The Morgan fingerprint density at radius 2 is 1.92 bits per heavy atom. The maximum Gasteiger partial charge on any atom is 0.112 e. The van der Waals surface area contributed by atoms with E-state index in [1.54, 1.807) is 0 Å². The van der Waals surface area contributed by atoms with Crippen molar-refractivity contribution in [2.24, 2.45) is 5.41 Å². The molecule has 0 aromatic heterocycles. The summed E-state index contributed by atoms with van der Waals surface area (Å²) in [6.07, 6.45) is -0.370. The molecule has 3 heteroatoms. The van der Waals surface area contributed by atoms with Crippen LogP contribution in [0.3, 0.4) is 0 Å². The minimum absolute atomic E-state index is 0.0670. The molecule has 0 heterocycles. The van der Waals surface area contributed by atoms with Crippen molar-refractivity contribution in [3.05, 3.63) is 0 Å². The zero-order valence-corrected chi connectivity index (χ0v) is 8.89. The number of hydrogen-bond acceptors (Lipinski definition) is 3. The maximum absolute atomic E-state index is 9.78. The molecule has 0 aliphatic rings. The van der Waals surface area contributed by atoms with Gasteiger partial charge in [0.1, 0.15) is 6.23 Å². The average molecular weight is 174 g/mol. The summed E-state index contributed by atoms with van der Waals surface area (Å²) in [4.78, 5) is 1.95. The zero-order chi connectivity index (χ0) is 9.78. The van der Waals surface area contributed by atoms with E-state index in [1.807, 2.05) is 39.8 Å². The molecule has 1 atom stereocenters. The molecular weight excluding hydrogens is 152 g/mol. The first-order valence-electron chi connectivity index (χ1n) is 4.42. The summed E-state index contributed by atoms with van der Waals surface area (Å²) in [6, 6.07) is 0. The summed E-state index contributed by atoms with van der Waals surface area (Å²) < 4.78 is 0. The predicted octanol–water partition coefficient (Wildman–Crippen LogP) is 0.502. The Balaban J connectivity index is 3.84. The van der Waals surface area contributed by atoms with E-state index >= 15 is 0 Å². The van der Waals surface area contributed by atoms with Gasteiger partial charge in [-0.15, -0.1) is 0 Å². The van der Waals surface area contributed by atoms with E-state index in [4.69, 9.17) is 0 Å². The summed E-state index contributed by atoms with van der Waals surface area (Å²) in [5.41, 5.74) is -0.0670. The largest absolute Gasteiger partial charge is 0.378 e. The van der Waals surface area contributed by atoms with Gasteiger partial charge in [-0.05, 0) is 14.1 Å². The van der Waals surface area contributed by atoms with Crippen LogP contribution in [0.5, 0.6) is 0 Å². The quantitative estimate of drug-likeness (QED) is 0.609. The molecule has 0 fully saturated rings. The molecule has 1 unspecified atom stereocenters. The number of aliphatic hydroxyl groups excluding tert-OH is 1. The number of likely N-dealkylation sites (N-methyl/N-ethyl adjacent to an activating group) is 2. The van der Waals surface area contributed by atoms with Gasteiger partial charge < -0.3 is 10.4 Å². The van der Waals surface area contributed by atoms with Crippen molar-refractivity contribution in [3.8, 4) is 0 Å². The molecule has 2 N–H and O–H groups in total. The summed E-state index contributed by atoms with van der Waals surface area (Å²) in [5.74, 6) is 0. The van der Waals surface area contributed by atoms with Crippen molar-refractivity contribution in [3.63, 3.8) is 0 Å². The number of nitrogens with one attached hydrogen (secondary N) is 1. The molecule has 0 aromatic carbocycles. The van der Waals surface area contributed by atoms with Crippen molar-refractivity contribution < 1.29 is 5.11 Å². The Hall–Kier alpha value is -0.120. The molecule has 0 aromatic rings. The third-order valence-electron chi connectivity index (χ3n) is 1.91. The van der Waals surface area contributed by atoms with Crippen LogP contribution in [0.1, 0.15) is 20.8 Å². The minimum atomic E-state index is -0.370. The Morgan fingerprint density at radius 3 is 2.25 bits per heavy atom. The SMILES string of the molecule is CNCCN(C)C(O)C(C)(C)C. The average Bonchev–Trinajstić information content (AvgIpc) is 1.97. The lowest BCUT2D eigenvalue weighted by atomic mass is 9.93. The lowest BCUT2D eigenvalue weighted by molar-refractivity contribution is -0.0560. The van der Waals surface area contributed by atoms with Crippen LogP contribution in [0, 0.1) is 5.41 Å². The van der Waals surface area contributed by atoms with Crippen LogP contribution in [0.4, 0.5) is 0 Å². The molecule has 0 aliphatic carbocycles. The minimum Gasteiger partial charge on any atom is -0.378 e. The Bertz CT molecular complexity index is 120. The van der Waals surface area contributed by atoms with Gasteiger partial charge >= 0.3 is 0 Å². The Labute approximate surface area is 75.8 Å². The highest BCUT2D eigenvalue weighted by Crippen LogP contribution is 2.20. The van der Waals surface area contributed by atoms with Gasteiger partial charge in [-0.2, -0.15) is 0 Å². The number of hydrogen-bond donors (Lipinski definition) is 2. The molecule has 12 heavy (non-hydrogen) atoms. The van der Waals surface area contributed by atoms with E-state index in [2.05, 4.69) is 5.32 Å². The van der Waals surface area contributed by atoms with E-state index in [0.29, 0.717) is 0 Å². The lowest BCUT2D eigenvalue weighted by Gasteiger charge is -2.33. The van der Waals surface area contributed by atoms with Gasteiger partial charge in [-0.25, -0.2) is 0 Å². The highest BCUT2D eigenvalue weighted by atomic mass is 16.3. The summed E-state index contributed by atoms with van der Waals surface area (Å²) in [6.45, 7) is 7.88. The smallest absolute Gasteiger partial charge is 0.112 e. The first kappa shape index (κ1) is 11.9. The molecule has 0 aliphatic heterocycles. The predicted molar refractivity (Wildman–Crippen MR) is 52.0 cm³/mol. The van der Waals surface area contributed by atoms with Crippen LogP contribution in [-0.2, 0) is 0 Å². The summed E-state index contributed by atoms with van der Waals surface area (Å²) in [7, 11) is 3.85. The molecule has 3 nitrogen and oxygen atoms in total. The topological polar surface area (TPSA) is 35.5 Å². The Morgan fingerprint density at radius 1 is 1.42 bits per heavy atom. The van der Waals surface area contributed by atoms with Gasteiger partial charge in [0.2, 0.25) is 0 Å². The fourth-order valence-electron chi connectivity index (χ4n) is 1.07. The van der Waals surface area contributed by atoms with Gasteiger partial charge in [-0.1, -0.05) is 20.8 Å². The van der Waals surface area contributed by atoms with E-state index in [0.717, 1.165) is 13.1 Å². The van der Waals surface area contributed by atoms with Crippen molar-refractivity contribution in [1.82, 2.24) is 10.2 Å². The van der Waals surface area contributed by atoms with Crippen LogP contribution >= 0.6 is 0 Å². The van der Waals surface area contributed by atoms with Crippen LogP contribution in [0.25, 0.3) is 0 Å². The van der Waals surface area contributed by atoms with Crippen LogP contribution < -0.4 is 5.32 Å². The van der Waals surface area contributed by atoms with Crippen LogP contribution in [0.2, 0.25) is 0 Å². The van der Waals surface area contributed by atoms with Gasteiger partial charge in [0.05, 0.1) is 0 Å². The van der Waals surface area contributed by atoms with E-state index in [1.165, 1.54) is 0 Å². The molecular formula is C9H22N2O. The van der Waals surface area contributed by atoms with Gasteiger partial charge in [0.25, 0.3) is 0 Å². The molecule has 0 bridgehead atoms. The second-order valence-electron chi connectivity index (χ2n) is 4.32. The highest BCUT2D eigenvalue weighted by molar-refractivity contribution is 4.72. The van der Waals surface area contributed by atoms with E-state index in [9.17, 15) is 5.11 Å². The molecule has 0 rings (SSSR count). The van der Waals surface area contributed by atoms with Crippen molar-refractivity contribution in [1.29, 1.82) is 0 Å². The highest BCUT2D eigenvalue weighted by Gasteiger charge is 2.25. The third-order valence-corrected chi connectivity index (χ3v) is 1.91. The standard InChI is InChI=1S/C9H22N2O/c1-9(2,3)8(12)11(5)7-6-10-4/h8,10,12H,6-7H2,1-5H3. The fourth-order valence-corrected chi connectivity index (χ4v) is 1.07. The second kappa shape index (κ2) is 4.80. The number of aliphatic hydroxyl groups is 1. The van der Waals surface area contributed by atoms with Crippen molar-refractivity contribution in [2.75, 3.05) is 27.2 Å². The second-order valence-corrected chi connectivity index (χ2v) is 4.32. The zero-order valence-electron chi connectivity index (χ0n) is 8.89. The fraction of sp³-hybridized carbons (Fsp3) is 1.00. The van der Waals surface area contributed by atoms with Gasteiger partial charge in [0, 0.05) is 18.5 Å². The first-order valence-corrected chi connectivity index (χ1v) is 4.42. The van der Waals surface area contributed by atoms with Crippen LogP contribution in [-0.4, -0.2) is 43.4 Å². The molecule has 74 valence electrons. The Kier molecular flexibility index (Phi) is 4.75. The maximum atomic E-state index is 9.78. The summed E-state index contributed by atoms with van der Waals surface area (Å²) in [5, 5.41) is 12.8. The first-order chi connectivity index (χ1) is 5.39. The number of rotatable bonds is 4. The third kappa shape index (κ3) is 4.04. The molecule has 0 spiro atoms. The molecule has 0 amide bonds. The lowest BCUT2D eigenvalue weighted by Crippen LogP contribution is -2.43. The summed E-state index contributed by atoms with van der Waals surface area (Å²) >= 11 is 0. The van der Waals surface area contributed by atoms with Crippen molar-refractivity contribution >= 4 is 0 Å². The van der Waals surface area contributed by atoms with E-state index < -0.39 is 0 Å². The normalized spacial score (nSPS) is 15.2. The van der Waals surface area contributed by atoms with Gasteiger partial charge in [-0.3, -0.25) is 4.90 Å². The molecule has 0 radical (unpaired) electrons. The molecule has 0 saturated heterocycles. The van der Waals surface area contributed by atoms with E-state index in [-0.39, 0.29) is 11.6 Å². The van der Waals surface area contributed by atoms with Gasteiger partial charge in [0.15, 0.2) is 0 Å². The molecule has 0 saturated carbocycles. The van der Waals surface area contributed by atoms with Crippen LogP contribution in [0.15, 0.2) is 0 Å². The number of nitrogens with zero attached hydrogens (tertiary/aromatic N) is 1.